The Kier molecular flexibility index (Phi) is 5.12. The van der Waals surface area contributed by atoms with Gasteiger partial charge in [0.05, 0.1) is 12.1 Å². The summed E-state index contributed by atoms with van der Waals surface area (Å²) in [5, 5.41) is 0. The summed E-state index contributed by atoms with van der Waals surface area (Å²) in [6.45, 7) is 7.68. The van der Waals surface area contributed by atoms with E-state index < -0.39 is 0 Å². The number of nitrogens with zero attached hydrogens (tertiary/aromatic N) is 2. The van der Waals surface area contributed by atoms with E-state index in [1.807, 2.05) is 30.0 Å². The predicted molar refractivity (Wildman–Crippen MR) is 89.4 cm³/mol. The maximum absolute atomic E-state index is 12.2. The van der Waals surface area contributed by atoms with Crippen molar-refractivity contribution >= 4 is 34.4 Å². The molecule has 3 unspecified atom stereocenters. The Morgan fingerprint density at radius 3 is 2.30 bits per heavy atom. The number of piperazine rings is 1. The molecule has 0 N–H and O–H groups in total. The lowest BCUT2D eigenvalue weighted by molar-refractivity contribution is 0.0659. The van der Waals surface area contributed by atoms with Crippen LogP contribution in [0.1, 0.15) is 20.8 Å². The van der Waals surface area contributed by atoms with Crippen molar-refractivity contribution in [2.75, 3.05) is 18.0 Å². The van der Waals surface area contributed by atoms with Crippen LogP contribution in [0.3, 0.4) is 0 Å². The summed E-state index contributed by atoms with van der Waals surface area (Å²) in [6, 6.07) is 10.6. The molecule has 2 rings (SSSR count). The lowest BCUT2D eigenvalue weighted by atomic mass is 10.1. The zero-order valence-corrected chi connectivity index (χ0v) is 14.3. The fourth-order valence-electron chi connectivity index (χ4n) is 2.73. The molecule has 0 aromatic heterocycles. The monoisotopic (exact) mass is 388 g/mol. The Labute approximate surface area is 134 Å². The number of carbonyl (C=O) groups is 1. The van der Waals surface area contributed by atoms with Gasteiger partial charge in [0.2, 0.25) is 0 Å². The highest BCUT2D eigenvalue weighted by Gasteiger charge is 2.34. The van der Waals surface area contributed by atoms with Crippen LogP contribution in [0, 0.1) is 0 Å². The Morgan fingerprint density at radius 1 is 1.25 bits per heavy atom. The molecule has 5 heteroatoms. The van der Waals surface area contributed by atoms with Gasteiger partial charge >= 0.3 is 6.09 Å². The van der Waals surface area contributed by atoms with Crippen LogP contribution in [-0.4, -0.2) is 40.3 Å². The van der Waals surface area contributed by atoms with Gasteiger partial charge in [-0.05, 0) is 55.5 Å². The quantitative estimate of drug-likeness (QED) is 0.574. The third-order valence-electron chi connectivity index (χ3n) is 3.51. The molecule has 1 saturated heterocycles. The van der Waals surface area contributed by atoms with Crippen LogP contribution in [-0.2, 0) is 4.74 Å². The summed E-state index contributed by atoms with van der Waals surface area (Å²) in [5.41, 5.74) is 1.21. The van der Waals surface area contributed by atoms with E-state index in [4.69, 9.17) is 4.74 Å². The van der Waals surface area contributed by atoms with E-state index in [1.54, 1.807) is 0 Å². The molecule has 0 radical (unpaired) electrons. The second-order valence-corrected chi connectivity index (χ2v) is 7.03. The number of ether oxygens (including phenoxy) is 1. The highest BCUT2D eigenvalue weighted by Crippen LogP contribution is 2.23. The number of para-hydroxylation sites is 1. The number of hydrogen-bond acceptors (Lipinski definition) is 3. The molecule has 4 nitrogen and oxygen atoms in total. The van der Waals surface area contributed by atoms with E-state index in [1.165, 1.54) is 5.69 Å². The van der Waals surface area contributed by atoms with Gasteiger partial charge in [-0.2, -0.15) is 0 Å². The summed E-state index contributed by atoms with van der Waals surface area (Å²) < 4.78 is 5.22. The molecule has 110 valence electrons. The molecular formula is C15H21IN2O2. The molecule has 1 heterocycles. The van der Waals surface area contributed by atoms with E-state index in [0.29, 0.717) is 0 Å². The van der Waals surface area contributed by atoms with Gasteiger partial charge in [-0.1, -0.05) is 18.2 Å². The minimum atomic E-state index is -0.209. The zero-order valence-electron chi connectivity index (χ0n) is 12.1. The molecule has 1 aliphatic rings. The predicted octanol–water partition coefficient (Wildman–Crippen LogP) is 3.50. The van der Waals surface area contributed by atoms with Crippen LogP contribution in [0.15, 0.2) is 30.3 Å². The number of amides is 1. The van der Waals surface area contributed by atoms with Crippen molar-refractivity contribution in [3.05, 3.63) is 30.3 Å². The second-order valence-electron chi connectivity index (χ2n) is 5.27. The lowest BCUT2D eigenvalue weighted by Crippen LogP contribution is -2.59. The van der Waals surface area contributed by atoms with Crippen LogP contribution in [0.4, 0.5) is 10.5 Å². The molecule has 1 aromatic carbocycles. The minimum Gasteiger partial charge on any atom is -0.436 e. The average Bonchev–Trinajstić information content (AvgIpc) is 2.38. The zero-order chi connectivity index (χ0) is 14.7. The van der Waals surface area contributed by atoms with Crippen LogP contribution < -0.4 is 4.90 Å². The molecule has 0 bridgehead atoms. The van der Waals surface area contributed by atoms with E-state index >= 15 is 0 Å². The van der Waals surface area contributed by atoms with Gasteiger partial charge in [0.1, 0.15) is 0 Å². The first-order chi connectivity index (χ1) is 9.49. The molecule has 0 spiro atoms. The number of benzene rings is 1. The van der Waals surface area contributed by atoms with E-state index in [-0.39, 0.29) is 22.3 Å². The minimum absolute atomic E-state index is 0.105. The first kappa shape index (κ1) is 15.4. The molecule has 1 amide bonds. The summed E-state index contributed by atoms with van der Waals surface area (Å²) in [6.07, 6.45) is -0.209. The summed E-state index contributed by atoms with van der Waals surface area (Å²) >= 11 is 2.10. The number of carbonyl (C=O) groups excluding carboxylic acids is 1. The fourth-order valence-corrected chi connectivity index (χ4v) is 2.95. The normalized spacial score (nSPS) is 24.4. The third-order valence-corrected chi connectivity index (χ3v) is 3.77. The smallest absolute Gasteiger partial charge is 0.411 e. The maximum Gasteiger partial charge on any atom is 0.411 e. The van der Waals surface area contributed by atoms with Crippen molar-refractivity contribution in [2.45, 2.75) is 37.0 Å². The highest BCUT2D eigenvalue weighted by molar-refractivity contribution is 14.1. The van der Waals surface area contributed by atoms with E-state index in [0.717, 1.165) is 13.1 Å². The van der Waals surface area contributed by atoms with Crippen molar-refractivity contribution in [1.82, 2.24) is 4.90 Å². The third kappa shape index (κ3) is 3.56. The molecule has 1 aliphatic heterocycles. The molecule has 0 aliphatic carbocycles. The van der Waals surface area contributed by atoms with E-state index in [2.05, 4.69) is 53.5 Å². The number of alkyl halides is 1. The standard InChI is InChI=1S/C15H21IN2O2/c1-11-9-17(14-7-5-4-6-8-14)10-12(2)18(11)15(19)20-13(3)16/h4-8,11-13H,9-10H2,1-3H3. The Bertz CT molecular complexity index is 440. The summed E-state index contributed by atoms with van der Waals surface area (Å²) in [5.74, 6) is 0. The highest BCUT2D eigenvalue weighted by atomic mass is 127. The Hall–Kier alpha value is -0.980. The molecule has 3 atom stereocenters. The first-order valence-electron chi connectivity index (χ1n) is 6.92. The number of halogens is 1. The van der Waals surface area contributed by atoms with Crippen molar-refractivity contribution in [1.29, 1.82) is 0 Å². The van der Waals surface area contributed by atoms with Crippen molar-refractivity contribution in [3.8, 4) is 0 Å². The lowest BCUT2D eigenvalue weighted by Gasteiger charge is -2.44. The van der Waals surface area contributed by atoms with Crippen molar-refractivity contribution < 1.29 is 9.53 Å². The van der Waals surface area contributed by atoms with Crippen molar-refractivity contribution in [2.24, 2.45) is 0 Å². The number of anilines is 1. The van der Waals surface area contributed by atoms with Crippen LogP contribution >= 0.6 is 22.6 Å². The summed E-state index contributed by atoms with van der Waals surface area (Å²) in [4.78, 5) is 16.3. The van der Waals surface area contributed by atoms with Crippen LogP contribution in [0.5, 0.6) is 0 Å². The number of rotatable bonds is 2. The van der Waals surface area contributed by atoms with E-state index in [9.17, 15) is 4.79 Å². The molecule has 1 aromatic rings. The van der Waals surface area contributed by atoms with Gasteiger partial charge in [0.25, 0.3) is 0 Å². The van der Waals surface area contributed by atoms with Gasteiger partial charge in [0.15, 0.2) is 4.11 Å². The first-order valence-corrected chi connectivity index (χ1v) is 8.16. The second kappa shape index (κ2) is 6.65. The van der Waals surface area contributed by atoms with Gasteiger partial charge in [-0.15, -0.1) is 0 Å². The van der Waals surface area contributed by atoms with Gasteiger partial charge in [-0.3, -0.25) is 4.90 Å². The Morgan fingerprint density at radius 2 is 1.80 bits per heavy atom. The average molecular weight is 388 g/mol. The van der Waals surface area contributed by atoms with Crippen LogP contribution in [0.25, 0.3) is 0 Å². The molecule has 20 heavy (non-hydrogen) atoms. The largest absolute Gasteiger partial charge is 0.436 e. The fraction of sp³-hybridized carbons (Fsp3) is 0.533. The van der Waals surface area contributed by atoms with Gasteiger partial charge < -0.3 is 9.64 Å². The molecule has 1 fully saturated rings. The number of hydrogen-bond donors (Lipinski definition) is 0. The van der Waals surface area contributed by atoms with Crippen molar-refractivity contribution in [3.63, 3.8) is 0 Å². The molecule has 0 saturated carbocycles. The van der Waals surface area contributed by atoms with Gasteiger partial charge in [0, 0.05) is 18.8 Å². The van der Waals surface area contributed by atoms with Crippen LogP contribution in [0.2, 0.25) is 0 Å². The summed E-state index contributed by atoms with van der Waals surface area (Å²) in [7, 11) is 0. The Balaban J connectivity index is 2.07. The van der Waals surface area contributed by atoms with Gasteiger partial charge in [-0.25, -0.2) is 4.79 Å². The maximum atomic E-state index is 12.2. The molecular weight excluding hydrogens is 367 g/mol. The SMILES string of the molecule is CC(I)OC(=O)N1C(C)CN(c2ccccc2)CC1C. The topological polar surface area (TPSA) is 32.8 Å².